The molecule has 0 fully saturated rings. The molecule has 0 saturated heterocycles. The molecule has 20 heavy (non-hydrogen) atoms. The van der Waals surface area contributed by atoms with Crippen LogP contribution in [0.25, 0.3) is 10.9 Å². The van der Waals surface area contributed by atoms with Crippen LogP contribution in [0.4, 0.5) is 10.2 Å². The molecule has 0 saturated carbocycles. The van der Waals surface area contributed by atoms with Crippen LogP contribution >= 0.6 is 15.9 Å². The van der Waals surface area contributed by atoms with Gasteiger partial charge in [-0.2, -0.15) is 5.10 Å². The summed E-state index contributed by atoms with van der Waals surface area (Å²) >= 11 is 3.21. The van der Waals surface area contributed by atoms with Crippen LogP contribution in [0.1, 0.15) is 10.4 Å². The molecule has 0 aliphatic rings. The van der Waals surface area contributed by atoms with Crippen LogP contribution in [0.2, 0.25) is 0 Å². The van der Waals surface area contributed by atoms with Crippen molar-refractivity contribution in [1.82, 2.24) is 10.2 Å². The molecule has 0 bridgehead atoms. The van der Waals surface area contributed by atoms with E-state index in [2.05, 4.69) is 31.4 Å². The number of hydrogen-bond donors (Lipinski definition) is 2. The summed E-state index contributed by atoms with van der Waals surface area (Å²) in [6, 6.07) is 11.6. The highest BCUT2D eigenvalue weighted by Gasteiger charge is 2.15. The summed E-state index contributed by atoms with van der Waals surface area (Å²) in [5.74, 6) is -0.739. The van der Waals surface area contributed by atoms with Crippen LogP contribution in [-0.4, -0.2) is 16.1 Å². The van der Waals surface area contributed by atoms with Crippen molar-refractivity contribution in [2.75, 3.05) is 5.32 Å². The highest BCUT2D eigenvalue weighted by atomic mass is 79.9. The zero-order chi connectivity index (χ0) is 14.1. The summed E-state index contributed by atoms with van der Waals surface area (Å²) in [4.78, 5) is 12.1. The molecule has 0 radical (unpaired) electrons. The summed E-state index contributed by atoms with van der Waals surface area (Å²) in [6.45, 7) is 0. The number of H-pyrrole nitrogens is 1. The lowest BCUT2D eigenvalue weighted by molar-refractivity contribution is 0.102. The summed E-state index contributed by atoms with van der Waals surface area (Å²) < 4.78 is 14.3. The van der Waals surface area contributed by atoms with Gasteiger partial charge in [-0.25, -0.2) is 4.39 Å². The standard InChI is InChI=1S/C14H9BrFN3O/c15-8-5-6-11(16)10(7-8)14(20)17-13-9-3-1-2-4-12(9)18-19-13/h1-7H,(H2,17,18,19,20). The highest BCUT2D eigenvalue weighted by Crippen LogP contribution is 2.21. The fraction of sp³-hybridized carbons (Fsp3) is 0. The maximum absolute atomic E-state index is 13.7. The van der Waals surface area contributed by atoms with Crippen LogP contribution in [0.5, 0.6) is 0 Å². The van der Waals surface area contributed by atoms with Crippen LogP contribution in [0.15, 0.2) is 46.9 Å². The molecule has 1 aromatic heterocycles. The molecule has 1 amide bonds. The number of carbonyl (C=O) groups is 1. The van der Waals surface area contributed by atoms with Gasteiger partial charge in [-0.15, -0.1) is 0 Å². The average Bonchev–Trinajstić information content (AvgIpc) is 2.85. The Morgan fingerprint density at radius 2 is 2.05 bits per heavy atom. The van der Waals surface area contributed by atoms with Crippen LogP contribution in [0, 0.1) is 5.82 Å². The second-order valence-corrected chi connectivity index (χ2v) is 5.11. The lowest BCUT2D eigenvalue weighted by atomic mass is 10.2. The first kappa shape index (κ1) is 12.8. The molecular weight excluding hydrogens is 325 g/mol. The normalized spacial score (nSPS) is 10.7. The van der Waals surface area contributed by atoms with Crippen molar-refractivity contribution in [3.63, 3.8) is 0 Å². The Balaban J connectivity index is 1.94. The average molecular weight is 334 g/mol. The molecule has 4 nitrogen and oxygen atoms in total. The number of carbonyl (C=O) groups excluding carboxylic acids is 1. The summed E-state index contributed by atoms with van der Waals surface area (Å²) in [7, 11) is 0. The number of para-hydroxylation sites is 1. The van der Waals surface area contributed by atoms with Gasteiger partial charge in [0.05, 0.1) is 11.1 Å². The maximum Gasteiger partial charge on any atom is 0.259 e. The SMILES string of the molecule is O=C(Nc1n[nH]c2ccccc12)c1cc(Br)ccc1F. The molecule has 0 aliphatic carbocycles. The Morgan fingerprint density at radius 3 is 2.90 bits per heavy atom. The van der Waals surface area contributed by atoms with E-state index in [0.29, 0.717) is 10.3 Å². The predicted molar refractivity (Wildman–Crippen MR) is 78.1 cm³/mol. The van der Waals surface area contributed by atoms with E-state index in [-0.39, 0.29) is 5.56 Å². The molecular formula is C14H9BrFN3O. The number of benzene rings is 2. The van der Waals surface area contributed by atoms with Crippen LogP contribution < -0.4 is 5.32 Å². The van der Waals surface area contributed by atoms with Gasteiger partial charge < -0.3 is 5.32 Å². The van der Waals surface area contributed by atoms with Gasteiger partial charge in [0.1, 0.15) is 5.82 Å². The van der Waals surface area contributed by atoms with E-state index in [9.17, 15) is 9.18 Å². The maximum atomic E-state index is 13.7. The molecule has 2 N–H and O–H groups in total. The van der Waals surface area contributed by atoms with Crippen molar-refractivity contribution >= 4 is 38.6 Å². The van der Waals surface area contributed by atoms with E-state index in [1.165, 1.54) is 18.2 Å². The lowest BCUT2D eigenvalue weighted by Gasteiger charge is -2.04. The number of halogens is 2. The number of fused-ring (bicyclic) bond motifs is 1. The highest BCUT2D eigenvalue weighted by molar-refractivity contribution is 9.10. The topological polar surface area (TPSA) is 57.8 Å². The third-order valence-corrected chi connectivity index (χ3v) is 3.37. The van der Waals surface area contributed by atoms with Crippen molar-refractivity contribution in [3.8, 4) is 0 Å². The number of aromatic nitrogens is 2. The number of nitrogens with one attached hydrogen (secondary N) is 2. The van der Waals surface area contributed by atoms with Crippen molar-refractivity contribution in [2.45, 2.75) is 0 Å². The molecule has 100 valence electrons. The van der Waals surface area contributed by atoms with Crippen molar-refractivity contribution in [3.05, 3.63) is 58.3 Å². The second kappa shape index (κ2) is 5.05. The monoisotopic (exact) mass is 333 g/mol. The van der Waals surface area contributed by atoms with Gasteiger partial charge in [0.25, 0.3) is 5.91 Å². The summed E-state index contributed by atoms with van der Waals surface area (Å²) in [5.41, 5.74) is 0.768. The first-order chi connectivity index (χ1) is 9.65. The molecule has 0 spiro atoms. The number of anilines is 1. The van der Waals surface area contributed by atoms with Gasteiger partial charge in [0.15, 0.2) is 5.82 Å². The summed E-state index contributed by atoms with van der Waals surface area (Å²) in [6.07, 6.45) is 0. The van der Waals surface area contributed by atoms with Gasteiger partial charge in [-0.05, 0) is 30.3 Å². The van der Waals surface area contributed by atoms with Crippen LogP contribution in [0.3, 0.4) is 0 Å². The van der Waals surface area contributed by atoms with Crippen molar-refractivity contribution in [2.24, 2.45) is 0 Å². The smallest absolute Gasteiger partial charge is 0.259 e. The van der Waals surface area contributed by atoms with E-state index in [1.807, 2.05) is 24.3 Å². The fourth-order valence-corrected chi connectivity index (χ4v) is 2.27. The Labute approximate surface area is 122 Å². The molecule has 3 aromatic rings. The predicted octanol–water partition coefficient (Wildman–Crippen LogP) is 3.72. The van der Waals surface area contributed by atoms with Crippen molar-refractivity contribution in [1.29, 1.82) is 0 Å². The number of amides is 1. The van der Waals surface area contributed by atoms with Gasteiger partial charge in [-0.3, -0.25) is 9.89 Å². The van der Waals surface area contributed by atoms with Gasteiger partial charge >= 0.3 is 0 Å². The quantitative estimate of drug-likeness (QED) is 0.750. The first-order valence-corrected chi connectivity index (χ1v) is 6.64. The van der Waals surface area contributed by atoms with E-state index in [1.54, 1.807) is 0 Å². The van der Waals surface area contributed by atoms with E-state index in [0.717, 1.165) is 10.9 Å². The van der Waals surface area contributed by atoms with E-state index < -0.39 is 11.7 Å². The van der Waals surface area contributed by atoms with E-state index in [4.69, 9.17) is 0 Å². The molecule has 2 aromatic carbocycles. The Kier molecular flexibility index (Phi) is 3.23. The minimum atomic E-state index is -0.578. The Morgan fingerprint density at radius 1 is 1.25 bits per heavy atom. The molecule has 0 aliphatic heterocycles. The Hall–Kier alpha value is -2.21. The Bertz CT molecular complexity index is 800. The number of nitrogens with zero attached hydrogens (tertiary/aromatic N) is 1. The third kappa shape index (κ3) is 2.30. The largest absolute Gasteiger partial charge is 0.304 e. The first-order valence-electron chi connectivity index (χ1n) is 5.84. The molecule has 6 heteroatoms. The fourth-order valence-electron chi connectivity index (χ4n) is 1.91. The van der Waals surface area contributed by atoms with Gasteiger partial charge in [-0.1, -0.05) is 28.1 Å². The molecule has 1 heterocycles. The number of aromatic amines is 1. The van der Waals surface area contributed by atoms with E-state index >= 15 is 0 Å². The van der Waals surface area contributed by atoms with Crippen LogP contribution in [-0.2, 0) is 0 Å². The minimum Gasteiger partial charge on any atom is -0.304 e. The third-order valence-electron chi connectivity index (χ3n) is 2.88. The summed E-state index contributed by atoms with van der Waals surface area (Å²) in [5, 5.41) is 10.2. The number of hydrogen-bond acceptors (Lipinski definition) is 2. The lowest BCUT2D eigenvalue weighted by Crippen LogP contribution is -2.14. The van der Waals surface area contributed by atoms with Crippen molar-refractivity contribution < 1.29 is 9.18 Å². The van der Waals surface area contributed by atoms with Gasteiger partial charge in [0, 0.05) is 9.86 Å². The number of rotatable bonds is 2. The zero-order valence-corrected chi connectivity index (χ0v) is 11.7. The molecule has 3 rings (SSSR count). The molecule has 0 unspecified atom stereocenters. The zero-order valence-electron chi connectivity index (χ0n) is 10.2. The van der Waals surface area contributed by atoms with Gasteiger partial charge in [0.2, 0.25) is 0 Å². The minimum absolute atomic E-state index is 0.0357. The second-order valence-electron chi connectivity index (χ2n) is 4.20. The molecule has 0 atom stereocenters.